The molecular formula is C26H36N2. The summed E-state index contributed by atoms with van der Waals surface area (Å²) in [5, 5.41) is 7.27. The number of hydrogen-bond acceptors (Lipinski definition) is 2. The van der Waals surface area contributed by atoms with Crippen LogP contribution in [0, 0.1) is 6.92 Å². The fourth-order valence-corrected chi connectivity index (χ4v) is 3.94. The molecule has 1 aromatic rings. The Morgan fingerprint density at radius 1 is 0.893 bits per heavy atom. The molecule has 0 aliphatic heterocycles. The van der Waals surface area contributed by atoms with E-state index in [0.717, 1.165) is 32.6 Å². The van der Waals surface area contributed by atoms with Crippen LogP contribution < -0.4 is 10.6 Å². The minimum absolute atomic E-state index is 0.475. The largest absolute Gasteiger partial charge is 0.315 e. The van der Waals surface area contributed by atoms with E-state index < -0.39 is 0 Å². The van der Waals surface area contributed by atoms with E-state index in [1.807, 2.05) is 0 Å². The summed E-state index contributed by atoms with van der Waals surface area (Å²) in [7, 11) is 0. The van der Waals surface area contributed by atoms with Crippen LogP contribution in [-0.2, 0) is 0 Å². The van der Waals surface area contributed by atoms with Gasteiger partial charge in [-0.2, -0.15) is 0 Å². The fourth-order valence-electron chi connectivity index (χ4n) is 3.94. The van der Waals surface area contributed by atoms with Crippen LogP contribution in [0.5, 0.6) is 0 Å². The molecule has 0 saturated carbocycles. The van der Waals surface area contributed by atoms with Crippen molar-refractivity contribution in [2.75, 3.05) is 26.2 Å². The van der Waals surface area contributed by atoms with Gasteiger partial charge in [-0.05, 0) is 58.1 Å². The number of rotatable bonds is 10. The van der Waals surface area contributed by atoms with Gasteiger partial charge < -0.3 is 10.6 Å². The highest BCUT2D eigenvalue weighted by atomic mass is 14.9. The lowest BCUT2D eigenvalue weighted by atomic mass is 9.84. The van der Waals surface area contributed by atoms with Crippen molar-refractivity contribution in [2.45, 2.75) is 51.9 Å². The second-order valence-electron chi connectivity index (χ2n) is 8.18. The summed E-state index contributed by atoms with van der Waals surface area (Å²) >= 11 is 0. The summed E-state index contributed by atoms with van der Waals surface area (Å²) in [4.78, 5) is 0. The standard InChI is InChI=1S/C26H36N2/c1-21-8-12-24(13-9-21)26(25-14-10-22(2)11-15-25)20-28-19-18-27-17-16-23-6-4-3-5-7-23/h4,6-10,12-14,26-28H,3,5,11,15-20H2,1-2H3. The normalized spacial score (nSPS) is 17.7. The molecule has 1 atom stereocenters. The molecule has 0 radical (unpaired) electrons. The van der Waals surface area contributed by atoms with Gasteiger partial charge in [0.05, 0.1) is 0 Å². The van der Waals surface area contributed by atoms with Gasteiger partial charge in [-0.3, -0.25) is 0 Å². The van der Waals surface area contributed by atoms with Gasteiger partial charge in [0, 0.05) is 25.6 Å². The van der Waals surface area contributed by atoms with E-state index in [-0.39, 0.29) is 0 Å². The highest BCUT2D eigenvalue weighted by Crippen LogP contribution is 2.31. The van der Waals surface area contributed by atoms with E-state index in [1.54, 1.807) is 5.57 Å². The van der Waals surface area contributed by atoms with Gasteiger partial charge >= 0.3 is 0 Å². The molecule has 2 aliphatic rings. The molecular weight excluding hydrogens is 340 g/mol. The van der Waals surface area contributed by atoms with E-state index in [1.165, 1.54) is 48.0 Å². The lowest BCUT2D eigenvalue weighted by molar-refractivity contribution is 0.578. The molecule has 3 rings (SSSR count). The lowest BCUT2D eigenvalue weighted by Crippen LogP contribution is -2.31. The third-order valence-corrected chi connectivity index (χ3v) is 5.81. The van der Waals surface area contributed by atoms with Crippen LogP contribution in [0.4, 0.5) is 0 Å². The lowest BCUT2D eigenvalue weighted by Gasteiger charge is -2.24. The van der Waals surface area contributed by atoms with Crippen LogP contribution in [0.3, 0.4) is 0 Å². The van der Waals surface area contributed by atoms with Crippen molar-refractivity contribution in [1.82, 2.24) is 10.6 Å². The molecule has 2 aliphatic carbocycles. The van der Waals surface area contributed by atoms with Crippen LogP contribution in [0.15, 0.2) is 71.4 Å². The Hall–Kier alpha value is -1.90. The fraction of sp³-hybridized carbons (Fsp3) is 0.462. The van der Waals surface area contributed by atoms with Crippen molar-refractivity contribution in [3.8, 4) is 0 Å². The SMILES string of the molecule is CC1=CC=C(C(CNCCNCCC2=CCCC=C2)c2ccc(C)cc2)CC1. The monoisotopic (exact) mass is 376 g/mol. The van der Waals surface area contributed by atoms with Gasteiger partial charge in [-0.1, -0.05) is 76.9 Å². The van der Waals surface area contributed by atoms with E-state index in [2.05, 4.69) is 79.1 Å². The Morgan fingerprint density at radius 3 is 2.43 bits per heavy atom. The zero-order valence-corrected chi connectivity index (χ0v) is 17.6. The first-order valence-corrected chi connectivity index (χ1v) is 10.9. The molecule has 0 fully saturated rings. The number of benzene rings is 1. The summed E-state index contributed by atoms with van der Waals surface area (Å²) in [6, 6.07) is 9.08. The average molecular weight is 377 g/mol. The first-order valence-electron chi connectivity index (χ1n) is 10.9. The quantitative estimate of drug-likeness (QED) is 0.520. The predicted molar refractivity (Wildman–Crippen MR) is 122 cm³/mol. The molecule has 0 saturated heterocycles. The minimum Gasteiger partial charge on any atom is -0.315 e. The zero-order chi connectivity index (χ0) is 19.6. The summed E-state index contributed by atoms with van der Waals surface area (Å²) < 4.78 is 0. The van der Waals surface area contributed by atoms with Crippen LogP contribution >= 0.6 is 0 Å². The van der Waals surface area contributed by atoms with Gasteiger partial charge in [-0.15, -0.1) is 0 Å². The van der Waals surface area contributed by atoms with Crippen molar-refractivity contribution in [1.29, 1.82) is 0 Å². The van der Waals surface area contributed by atoms with Crippen molar-refractivity contribution in [2.24, 2.45) is 0 Å². The summed E-state index contributed by atoms with van der Waals surface area (Å²) in [5.74, 6) is 0.475. The zero-order valence-electron chi connectivity index (χ0n) is 17.6. The Balaban J connectivity index is 1.45. The van der Waals surface area contributed by atoms with E-state index in [4.69, 9.17) is 0 Å². The first kappa shape index (κ1) is 20.8. The van der Waals surface area contributed by atoms with E-state index in [9.17, 15) is 0 Å². The second-order valence-corrected chi connectivity index (χ2v) is 8.18. The van der Waals surface area contributed by atoms with Crippen molar-refractivity contribution in [3.63, 3.8) is 0 Å². The maximum Gasteiger partial charge on any atom is 0.0176 e. The Bertz CT molecular complexity index is 734. The molecule has 1 unspecified atom stereocenters. The highest BCUT2D eigenvalue weighted by molar-refractivity contribution is 5.36. The Morgan fingerprint density at radius 2 is 1.71 bits per heavy atom. The summed E-state index contributed by atoms with van der Waals surface area (Å²) in [6.07, 6.45) is 17.5. The average Bonchev–Trinajstić information content (AvgIpc) is 2.73. The molecule has 2 N–H and O–H groups in total. The van der Waals surface area contributed by atoms with Crippen LogP contribution in [0.1, 0.15) is 56.1 Å². The molecule has 2 nitrogen and oxygen atoms in total. The third-order valence-electron chi connectivity index (χ3n) is 5.81. The summed E-state index contributed by atoms with van der Waals surface area (Å²) in [6.45, 7) is 8.51. The number of hydrogen-bond donors (Lipinski definition) is 2. The maximum absolute atomic E-state index is 3.69. The van der Waals surface area contributed by atoms with Crippen LogP contribution in [0.2, 0.25) is 0 Å². The molecule has 0 spiro atoms. The molecule has 150 valence electrons. The molecule has 0 aromatic heterocycles. The van der Waals surface area contributed by atoms with Gasteiger partial charge in [0.25, 0.3) is 0 Å². The number of allylic oxidation sites excluding steroid dienone is 6. The molecule has 28 heavy (non-hydrogen) atoms. The van der Waals surface area contributed by atoms with Crippen molar-refractivity contribution < 1.29 is 0 Å². The Labute approximate surface area is 171 Å². The van der Waals surface area contributed by atoms with E-state index in [0.29, 0.717) is 5.92 Å². The van der Waals surface area contributed by atoms with Crippen LogP contribution in [0.25, 0.3) is 0 Å². The van der Waals surface area contributed by atoms with Crippen molar-refractivity contribution in [3.05, 3.63) is 82.5 Å². The van der Waals surface area contributed by atoms with Gasteiger partial charge in [-0.25, -0.2) is 0 Å². The molecule has 0 bridgehead atoms. The number of nitrogens with one attached hydrogen (secondary N) is 2. The van der Waals surface area contributed by atoms with Crippen molar-refractivity contribution >= 4 is 0 Å². The van der Waals surface area contributed by atoms with Gasteiger partial charge in [0.15, 0.2) is 0 Å². The minimum atomic E-state index is 0.475. The topological polar surface area (TPSA) is 24.1 Å². The second kappa shape index (κ2) is 11.2. The molecule has 2 heteroatoms. The predicted octanol–water partition coefficient (Wildman–Crippen LogP) is 5.59. The number of aryl methyl sites for hydroxylation is 1. The first-order chi connectivity index (χ1) is 13.7. The summed E-state index contributed by atoms with van der Waals surface area (Å²) in [5.41, 5.74) is 7.30. The van der Waals surface area contributed by atoms with Gasteiger partial charge in [0.2, 0.25) is 0 Å². The molecule has 0 amide bonds. The Kier molecular flexibility index (Phi) is 8.32. The van der Waals surface area contributed by atoms with E-state index >= 15 is 0 Å². The smallest absolute Gasteiger partial charge is 0.0176 e. The highest BCUT2D eigenvalue weighted by Gasteiger charge is 2.17. The maximum atomic E-state index is 3.69. The molecule has 0 heterocycles. The third kappa shape index (κ3) is 6.61. The molecule has 1 aromatic carbocycles. The van der Waals surface area contributed by atoms with Gasteiger partial charge in [0.1, 0.15) is 0 Å². The van der Waals surface area contributed by atoms with Crippen LogP contribution in [-0.4, -0.2) is 26.2 Å².